The number of carbonyl (C=O) groups is 4. The molecule has 0 aliphatic carbocycles. The molecule has 2 atom stereocenters. The Kier molecular flexibility index (Phi) is 15.6. The minimum atomic E-state index is -2.10. The Bertz CT molecular complexity index is 2370. The van der Waals surface area contributed by atoms with Crippen molar-refractivity contribution < 1.29 is 42.6 Å². The molecule has 66 heavy (non-hydrogen) atoms. The highest BCUT2D eigenvalue weighted by atomic mass is 28.4. The van der Waals surface area contributed by atoms with Gasteiger partial charge in [0.2, 0.25) is 8.32 Å². The molecule has 5 aromatic carbocycles. The molecule has 1 fully saturated rings. The molecule has 3 amide bonds. The van der Waals surface area contributed by atoms with Crippen LogP contribution in [0.15, 0.2) is 127 Å². The second-order valence-electron chi connectivity index (χ2n) is 19.1. The van der Waals surface area contributed by atoms with Crippen LogP contribution in [0.25, 0.3) is 0 Å². The second-order valence-corrected chi connectivity index (χ2v) is 23.8. The molecule has 0 radical (unpaired) electrons. The lowest BCUT2D eigenvalue weighted by molar-refractivity contribution is 0.0127. The number of nitrogens with one attached hydrogen (secondary N) is 1. The molecule has 13 heteroatoms. The number of anilines is 1. The van der Waals surface area contributed by atoms with Gasteiger partial charge in [0.05, 0.1) is 11.6 Å². The summed E-state index contributed by atoms with van der Waals surface area (Å²) in [5.74, 6) is 0.0418. The highest BCUT2D eigenvalue weighted by Crippen LogP contribution is 2.37. The van der Waals surface area contributed by atoms with Crippen LogP contribution in [0.1, 0.15) is 96.6 Å². The van der Waals surface area contributed by atoms with E-state index in [9.17, 15) is 19.2 Å². The first-order valence-corrected chi connectivity index (χ1v) is 25.3. The molecule has 1 N–H and O–H groups in total. The number of esters is 1. The largest absolute Gasteiger partial charge is 0.544 e. The molecule has 5 aromatic rings. The number of rotatable bonds is 14. The highest BCUT2D eigenvalue weighted by molar-refractivity contribution is 6.74. The van der Waals surface area contributed by atoms with Crippen molar-refractivity contribution in [2.75, 3.05) is 25.0 Å². The Labute approximate surface area is 390 Å². The molecule has 1 aliphatic heterocycles. The maximum Gasteiger partial charge on any atom is 0.410 e. The van der Waals surface area contributed by atoms with Gasteiger partial charge in [0.25, 0.3) is 11.8 Å². The van der Waals surface area contributed by atoms with Gasteiger partial charge in [-0.1, -0.05) is 87.5 Å². The average molecular weight is 914 g/mol. The van der Waals surface area contributed by atoms with E-state index in [0.29, 0.717) is 47.9 Å². The van der Waals surface area contributed by atoms with Crippen molar-refractivity contribution in [1.29, 1.82) is 0 Å². The molecule has 1 heterocycles. The van der Waals surface area contributed by atoms with Crippen molar-refractivity contribution in [2.45, 2.75) is 103 Å². The van der Waals surface area contributed by atoms with Gasteiger partial charge < -0.3 is 38.5 Å². The first-order valence-electron chi connectivity index (χ1n) is 22.4. The van der Waals surface area contributed by atoms with Crippen LogP contribution >= 0.6 is 0 Å². The number of carbonyl (C=O) groups excluding carboxylic acids is 4. The molecular formula is C53H63N3O9Si. The molecule has 0 aromatic heterocycles. The summed E-state index contributed by atoms with van der Waals surface area (Å²) in [6.45, 7) is 17.1. The van der Waals surface area contributed by atoms with Gasteiger partial charge in [-0.25, -0.2) is 9.59 Å². The number of amides is 3. The summed E-state index contributed by atoms with van der Waals surface area (Å²) in [5.41, 5.74) is 2.56. The maximum atomic E-state index is 14.4. The van der Waals surface area contributed by atoms with Crippen LogP contribution in [-0.2, 0) is 22.7 Å². The number of ether oxygens (including phenoxy) is 4. The van der Waals surface area contributed by atoms with E-state index in [4.69, 9.17) is 23.4 Å². The van der Waals surface area contributed by atoms with Gasteiger partial charge >= 0.3 is 12.1 Å². The van der Waals surface area contributed by atoms with Gasteiger partial charge in [-0.3, -0.25) is 9.59 Å². The molecular weight excluding hydrogens is 851 g/mol. The maximum absolute atomic E-state index is 14.4. The highest BCUT2D eigenvalue weighted by Gasteiger charge is 2.39. The molecule has 0 unspecified atom stereocenters. The fourth-order valence-electron chi connectivity index (χ4n) is 7.02. The first kappa shape index (κ1) is 48.8. The SMILES string of the molecule is CN(C(=O)c1c(OCc2ccccc2)cccc1OCc1ccccc1)c1ccc(C(=O)O[C@@H]2CCCN(C(=O)OC(C)(C)C)C[C@H]2NC(=O)c2ccc(O[Si](C)(C)C(C)(C)C)cc2)cc1. The smallest absolute Gasteiger partial charge is 0.410 e. The van der Waals surface area contributed by atoms with Crippen molar-refractivity contribution in [1.82, 2.24) is 10.2 Å². The predicted molar refractivity (Wildman–Crippen MR) is 259 cm³/mol. The molecule has 0 spiro atoms. The van der Waals surface area contributed by atoms with E-state index < -0.39 is 38.1 Å². The van der Waals surface area contributed by atoms with Crippen LogP contribution in [0.4, 0.5) is 10.5 Å². The zero-order valence-electron chi connectivity index (χ0n) is 39.6. The predicted octanol–water partition coefficient (Wildman–Crippen LogP) is 10.9. The summed E-state index contributed by atoms with van der Waals surface area (Å²) in [7, 11) is -0.455. The van der Waals surface area contributed by atoms with E-state index in [1.807, 2.05) is 60.7 Å². The second kappa shape index (κ2) is 21.1. The zero-order valence-corrected chi connectivity index (χ0v) is 40.6. The van der Waals surface area contributed by atoms with Crippen LogP contribution in [0.2, 0.25) is 18.1 Å². The van der Waals surface area contributed by atoms with E-state index in [-0.39, 0.29) is 47.7 Å². The summed E-state index contributed by atoms with van der Waals surface area (Å²) in [5, 5.41) is 3.06. The number of hydrogen-bond acceptors (Lipinski definition) is 9. The van der Waals surface area contributed by atoms with Crippen molar-refractivity contribution in [3.05, 3.63) is 155 Å². The van der Waals surface area contributed by atoms with Gasteiger partial charge in [0, 0.05) is 31.4 Å². The van der Waals surface area contributed by atoms with Gasteiger partial charge in [-0.05, 0) is 124 Å². The number of benzene rings is 5. The van der Waals surface area contributed by atoms with Crippen molar-refractivity contribution in [2.24, 2.45) is 0 Å². The van der Waals surface area contributed by atoms with Crippen LogP contribution in [0.3, 0.4) is 0 Å². The number of nitrogens with zero attached hydrogens (tertiary/aromatic N) is 2. The monoisotopic (exact) mass is 913 g/mol. The lowest BCUT2D eigenvalue weighted by Crippen LogP contribution is -2.51. The summed E-state index contributed by atoms with van der Waals surface area (Å²) < 4.78 is 30.7. The third-order valence-corrected chi connectivity index (χ3v) is 16.1. The van der Waals surface area contributed by atoms with E-state index in [1.165, 1.54) is 4.90 Å². The molecule has 1 saturated heterocycles. The summed E-state index contributed by atoms with van der Waals surface area (Å²) in [6.07, 6.45) is -0.413. The average Bonchev–Trinajstić information content (AvgIpc) is 3.48. The van der Waals surface area contributed by atoms with Crippen molar-refractivity contribution >= 4 is 37.9 Å². The Morgan fingerprint density at radius 1 is 0.712 bits per heavy atom. The fraction of sp³-hybridized carbons (Fsp3) is 0.358. The lowest BCUT2D eigenvalue weighted by atomic mass is 10.1. The van der Waals surface area contributed by atoms with E-state index in [0.717, 1.165) is 11.1 Å². The first-order chi connectivity index (χ1) is 31.3. The van der Waals surface area contributed by atoms with Gasteiger partial charge in [-0.15, -0.1) is 0 Å². The van der Waals surface area contributed by atoms with E-state index in [1.54, 1.807) is 99.4 Å². The molecule has 12 nitrogen and oxygen atoms in total. The minimum Gasteiger partial charge on any atom is -0.544 e. The lowest BCUT2D eigenvalue weighted by Gasteiger charge is -2.36. The molecule has 348 valence electrons. The molecule has 6 rings (SSSR count). The topological polar surface area (TPSA) is 133 Å². The Balaban J connectivity index is 1.19. The Morgan fingerprint density at radius 2 is 1.26 bits per heavy atom. The van der Waals surface area contributed by atoms with E-state index >= 15 is 0 Å². The number of hydrogen-bond donors (Lipinski definition) is 1. The summed E-state index contributed by atoms with van der Waals surface area (Å²) >= 11 is 0. The van der Waals surface area contributed by atoms with Gasteiger partial charge in [-0.2, -0.15) is 0 Å². The van der Waals surface area contributed by atoms with Crippen LogP contribution < -0.4 is 24.1 Å². The van der Waals surface area contributed by atoms with Crippen molar-refractivity contribution in [3.63, 3.8) is 0 Å². The van der Waals surface area contributed by atoms with Gasteiger partial charge in [0.1, 0.15) is 47.7 Å². The third-order valence-electron chi connectivity index (χ3n) is 11.8. The Morgan fingerprint density at radius 3 is 1.79 bits per heavy atom. The van der Waals surface area contributed by atoms with Crippen molar-refractivity contribution in [3.8, 4) is 17.2 Å². The van der Waals surface area contributed by atoms with Crippen LogP contribution in [0, 0.1) is 0 Å². The minimum absolute atomic E-state index is 0.00114. The molecule has 0 bridgehead atoms. The fourth-order valence-corrected chi connectivity index (χ4v) is 8.05. The zero-order chi connectivity index (χ0) is 47.6. The Hall–Kier alpha value is -6.60. The van der Waals surface area contributed by atoms with Gasteiger partial charge in [0.15, 0.2) is 0 Å². The summed E-state index contributed by atoms with van der Waals surface area (Å²) in [6, 6.07) is 37.4. The number of likely N-dealkylation sites (tertiary alicyclic amines) is 1. The summed E-state index contributed by atoms with van der Waals surface area (Å²) in [4.78, 5) is 58.5. The molecule has 0 saturated carbocycles. The van der Waals surface area contributed by atoms with E-state index in [2.05, 4.69) is 39.2 Å². The van der Waals surface area contributed by atoms with Crippen LogP contribution in [0.5, 0.6) is 17.2 Å². The third kappa shape index (κ3) is 13.0. The normalized spacial score (nSPS) is 15.4. The standard InChI is InChI=1S/C53H63N3O9Si/c1-52(2,3)64-51(60)56-33-17-24-44(43(34-56)54-48(57)39-27-31-42(32-28-39)65-66(8,9)53(4,5)6)63-50(59)40-25-29-41(30-26-40)55(7)49(58)47-45(61-35-37-18-12-10-13-19-37)22-16-23-46(47)62-36-38-20-14-11-15-21-38/h10-16,18-23,25-32,43-44H,17,24,33-36H2,1-9H3,(H,54,57)/t43-,44-/m1/s1. The quantitative estimate of drug-likeness (QED) is 0.0854. The van der Waals surface area contributed by atoms with Crippen LogP contribution in [-0.4, -0.2) is 75.0 Å². The molecule has 1 aliphatic rings.